The minimum Gasteiger partial charge on any atom is -0.302 e. The molecular formula is C12H25NS. The Bertz CT molecular complexity index is 119. The largest absolute Gasteiger partial charge is 0.302 e. The van der Waals surface area contributed by atoms with Crippen LogP contribution in [0.25, 0.3) is 0 Å². The lowest BCUT2D eigenvalue weighted by Gasteiger charge is -2.18. The normalized spacial score (nSPS) is 19.5. The fourth-order valence-electron chi connectivity index (χ4n) is 1.96. The molecule has 0 aromatic heterocycles. The quantitative estimate of drug-likeness (QED) is 0.625. The highest BCUT2D eigenvalue weighted by Gasteiger charge is 2.07. The van der Waals surface area contributed by atoms with Crippen LogP contribution in [0.1, 0.15) is 45.4 Å². The molecule has 0 radical (unpaired) electrons. The summed E-state index contributed by atoms with van der Waals surface area (Å²) in [6.07, 6.45) is 8.50. The number of hydrogen-bond donors (Lipinski definition) is 0. The van der Waals surface area contributed by atoms with E-state index in [1.807, 2.05) is 0 Å². The smallest absolute Gasteiger partial charge is 0.00723 e. The first-order valence-electron chi connectivity index (χ1n) is 6.23. The van der Waals surface area contributed by atoms with Gasteiger partial charge in [0.25, 0.3) is 0 Å². The molecule has 1 nitrogen and oxygen atoms in total. The Balaban J connectivity index is 1.93. The van der Waals surface area contributed by atoms with E-state index in [-0.39, 0.29) is 0 Å². The summed E-state index contributed by atoms with van der Waals surface area (Å²) in [7, 11) is 0. The van der Waals surface area contributed by atoms with Gasteiger partial charge in [-0.2, -0.15) is 11.8 Å². The van der Waals surface area contributed by atoms with Crippen molar-refractivity contribution in [1.82, 2.24) is 4.90 Å². The van der Waals surface area contributed by atoms with Crippen LogP contribution in [-0.2, 0) is 0 Å². The standard InChI is InChI=1S/C12H25NS/c1-2-3-4-5-6-8-13-9-7-11-14-12-10-13/h2-12H2,1H3. The summed E-state index contributed by atoms with van der Waals surface area (Å²) in [5.74, 6) is 2.74. The molecule has 0 N–H and O–H groups in total. The van der Waals surface area contributed by atoms with Crippen LogP contribution >= 0.6 is 11.8 Å². The van der Waals surface area contributed by atoms with Gasteiger partial charge in [0, 0.05) is 12.3 Å². The lowest BCUT2D eigenvalue weighted by atomic mass is 10.1. The Morgan fingerprint density at radius 3 is 2.71 bits per heavy atom. The van der Waals surface area contributed by atoms with E-state index in [2.05, 4.69) is 23.6 Å². The van der Waals surface area contributed by atoms with Crippen molar-refractivity contribution in [1.29, 1.82) is 0 Å². The molecule has 1 rings (SSSR count). The van der Waals surface area contributed by atoms with E-state index in [0.717, 1.165) is 0 Å². The lowest BCUT2D eigenvalue weighted by Crippen LogP contribution is -2.27. The molecule has 0 spiro atoms. The summed E-state index contributed by atoms with van der Waals surface area (Å²) in [6, 6.07) is 0. The molecule has 84 valence electrons. The highest BCUT2D eigenvalue weighted by molar-refractivity contribution is 7.99. The van der Waals surface area contributed by atoms with Gasteiger partial charge < -0.3 is 4.90 Å². The molecule has 0 unspecified atom stereocenters. The minimum absolute atomic E-state index is 1.33. The van der Waals surface area contributed by atoms with E-state index < -0.39 is 0 Å². The van der Waals surface area contributed by atoms with Gasteiger partial charge in [0.2, 0.25) is 0 Å². The molecule has 0 aliphatic carbocycles. The molecule has 14 heavy (non-hydrogen) atoms. The summed E-state index contributed by atoms with van der Waals surface area (Å²) in [5, 5.41) is 0. The van der Waals surface area contributed by atoms with Gasteiger partial charge in [0.1, 0.15) is 0 Å². The van der Waals surface area contributed by atoms with Gasteiger partial charge in [0.15, 0.2) is 0 Å². The SMILES string of the molecule is CCCCCCCN1CCCSCC1. The van der Waals surface area contributed by atoms with E-state index in [9.17, 15) is 0 Å². The number of thioether (sulfide) groups is 1. The molecule has 2 heteroatoms. The second kappa shape index (κ2) is 8.60. The van der Waals surface area contributed by atoms with Gasteiger partial charge in [-0.25, -0.2) is 0 Å². The average Bonchev–Trinajstić information content (AvgIpc) is 2.46. The Kier molecular flexibility index (Phi) is 7.61. The second-order valence-electron chi connectivity index (χ2n) is 4.22. The van der Waals surface area contributed by atoms with Gasteiger partial charge in [-0.15, -0.1) is 0 Å². The maximum atomic E-state index is 2.66. The summed E-state index contributed by atoms with van der Waals surface area (Å²) < 4.78 is 0. The van der Waals surface area contributed by atoms with Crippen LogP contribution in [0.4, 0.5) is 0 Å². The monoisotopic (exact) mass is 215 g/mol. The van der Waals surface area contributed by atoms with Crippen LogP contribution in [0.3, 0.4) is 0 Å². The van der Waals surface area contributed by atoms with Gasteiger partial charge in [0.05, 0.1) is 0 Å². The second-order valence-corrected chi connectivity index (χ2v) is 5.45. The highest BCUT2D eigenvalue weighted by Crippen LogP contribution is 2.11. The number of unbranched alkanes of at least 4 members (excludes halogenated alkanes) is 4. The van der Waals surface area contributed by atoms with Crippen LogP contribution in [-0.4, -0.2) is 36.0 Å². The topological polar surface area (TPSA) is 3.24 Å². The third-order valence-corrected chi connectivity index (χ3v) is 3.94. The van der Waals surface area contributed by atoms with E-state index in [0.29, 0.717) is 0 Å². The summed E-state index contributed by atoms with van der Waals surface area (Å²) >= 11 is 2.13. The molecule has 0 atom stereocenters. The molecule has 0 saturated carbocycles. The lowest BCUT2D eigenvalue weighted by molar-refractivity contribution is 0.287. The third-order valence-electron chi connectivity index (χ3n) is 2.89. The third kappa shape index (κ3) is 5.92. The van der Waals surface area contributed by atoms with Gasteiger partial charge in [-0.05, 0) is 31.7 Å². The molecule has 1 aliphatic rings. The first kappa shape index (κ1) is 12.4. The summed E-state index contributed by atoms with van der Waals surface area (Å²) in [4.78, 5) is 2.66. The Hall–Kier alpha value is 0.310. The zero-order chi connectivity index (χ0) is 10.1. The van der Waals surface area contributed by atoms with Crippen molar-refractivity contribution in [3.63, 3.8) is 0 Å². The first-order valence-corrected chi connectivity index (χ1v) is 7.39. The van der Waals surface area contributed by atoms with Crippen molar-refractivity contribution in [3.8, 4) is 0 Å². The van der Waals surface area contributed by atoms with Crippen LogP contribution in [0.15, 0.2) is 0 Å². The van der Waals surface area contributed by atoms with Gasteiger partial charge >= 0.3 is 0 Å². The Morgan fingerprint density at radius 2 is 1.86 bits per heavy atom. The predicted octanol–water partition coefficient (Wildman–Crippen LogP) is 3.40. The summed E-state index contributed by atoms with van der Waals surface area (Å²) in [6.45, 7) is 6.32. The van der Waals surface area contributed by atoms with Crippen molar-refractivity contribution >= 4 is 11.8 Å². The molecule has 1 aliphatic heterocycles. The fourth-order valence-corrected chi connectivity index (χ4v) is 2.88. The van der Waals surface area contributed by atoms with Gasteiger partial charge in [-0.1, -0.05) is 32.6 Å². The van der Waals surface area contributed by atoms with E-state index >= 15 is 0 Å². The predicted molar refractivity (Wildman–Crippen MR) is 67.1 cm³/mol. The Morgan fingerprint density at radius 1 is 1.00 bits per heavy atom. The molecule has 0 amide bonds. The van der Waals surface area contributed by atoms with Crippen molar-refractivity contribution in [2.75, 3.05) is 31.1 Å². The summed E-state index contributed by atoms with van der Waals surface area (Å²) in [5.41, 5.74) is 0. The molecule has 0 bridgehead atoms. The molecule has 1 saturated heterocycles. The molecular weight excluding hydrogens is 190 g/mol. The van der Waals surface area contributed by atoms with Crippen molar-refractivity contribution in [3.05, 3.63) is 0 Å². The number of rotatable bonds is 6. The van der Waals surface area contributed by atoms with Crippen LogP contribution < -0.4 is 0 Å². The molecule has 0 aromatic carbocycles. The van der Waals surface area contributed by atoms with Crippen LogP contribution in [0, 0.1) is 0 Å². The molecule has 0 aromatic rings. The van der Waals surface area contributed by atoms with E-state index in [4.69, 9.17) is 0 Å². The zero-order valence-electron chi connectivity index (χ0n) is 9.63. The maximum Gasteiger partial charge on any atom is 0.00723 e. The van der Waals surface area contributed by atoms with Crippen molar-refractivity contribution in [2.45, 2.75) is 45.4 Å². The molecule has 1 heterocycles. The first-order chi connectivity index (χ1) is 6.93. The average molecular weight is 215 g/mol. The van der Waals surface area contributed by atoms with Gasteiger partial charge in [-0.3, -0.25) is 0 Å². The number of hydrogen-bond acceptors (Lipinski definition) is 2. The maximum absolute atomic E-state index is 2.66. The fraction of sp³-hybridized carbons (Fsp3) is 1.00. The van der Waals surface area contributed by atoms with Crippen LogP contribution in [0.2, 0.25) is 0 Å². The van der Waals surface area contributed by atoms with Crippen molar-refractivity contribution < 1.29 is 0 Å². The van der Waals surface area contributed by atoms with E-state index in [1.54, 1.807) is 0 Å². The van der Waals surface area contributed by atoms with E-state index in [1.165, 1.54) is 69.7 Å². The van der Waals surface area contributed by atoms with Crippen LogP contribution in [0.5, 0.6) is 0 Å². The molecule has 1 fully saturated rings. The number of nitrogens with zero attached hydrogens (tertiary/aromatic N) is 1. The minimum atomic E-state index is 1.33. The van der Waals surface area contributed by atoms with Crippen molar-refractivity contribution in [2.24, 2.45) is 0 Å². The highest BCUT2D eigenvalue weighted by atomic mass is 32.2. The Labute approximate surface area is 93.6 Å². The zero-order valence-corrected chi connectivity index (χ0v) is 10.5.